The molecule has 1 aromatic carbocycles. The second-order valence-corrected chi connectivity index (χ2v) is 4.29. The number of benzene rings is 1. The molecule has 1 aromatic rings. The van der Waals surface area contributed by atoms with Crippen LogP contribution >= 0.6 is 0 Å². The van der Waals surface area contributed by atoms with Crippen LogP contribution < -0.4 is 0 Å². The van der Waals surface area contributed by atoms with E-state index in [4.69, 9.17) is 5.11 Å². The molecule has 0 unspecified atom stereocenters. The molecule has 16 heavy (non-hydrogen) atoms. The van der Waals surface area contributed by atoms with Gasteiger partial charge in [0.05, 0.1) is 10.4 Å². The number of rotatable bonds is 1. The Kier molecular flexibility index (Phi) is 2.62. The minimum atomic E-state index is -2.31. The van der Waals surface area contributed by atoms with E-state index in [-0.39, 0.29) is 16.9 Å². The van der Waals surface area contributed by atoms with E-state index in [2.05, 4.69) is 0 Å². The average Bonchev–Trinajstić information content (AvgIpc) is 2.27. The number of carbonyl (C=O) groups is 1. The number of carboxylic acid groups (broad SMARTS) is 1. The van der Waals surface area contributed by atoms with E-state index in [1.807, 2.05) is 0 Å². The van der Waals surface area contributed by atoms with Gasteiger partial charge in [-0.15, -0.1) is 0 Å². The first-order valence-electron chi connectivity index (χ1n) is 4.59. The molecule has 0 atom stereocenters. The van der Waals surface area contributed by atoms with Crippen LogP contribution in [-0.4, -0.2) is 24.4 Å². The summed E-state index contributed by atoms with van der Waals surface area (Å²) in [4.78, 5) is 11.2. The molecule has 1 N–H and O–H groups in total. The van der Waals surface area contributed by atoms with Gasteiger partial charge in [-0.05, 0) is 5.56 Å². The van der Waals surface area contributed by atoms with Gasteiger partial charge in [-0.3, -0.25) is 0 Å². The highest BCUT2D eigenvalue weighted by Gasteiger charge is 2.21. The second-order valence-electron chi connectivity index (χ2n) is 3.33. The Labute approximate surface area is 93.4 Å². The zero-order valence-corrected chi connectivity index (χ0v) is 8.99. The molecule has 0 saturated heterocycles. The van der Waals surface area contributed by atoms with E-state index < -0.39 is 16.3 Å². The summed E-state index contributed by atoms with van der Waals surface area (Å²) in [7, 11) is -2.31. The maximum Gasteiger partial charge on any atom is 0.336 e. The molecule has 0 radical (unpaired) electrons. The highest BCUT2D eigenvalue weighted by atomic mass is 32.2. The van der Waals surface area contributed by atoms with Gasteiger partial charge in [0.25, 0.3) is 0 Å². The normalized spacial score (nSPS) is 14.0. The zero-order valence-electron chi connectivity index (χ0n) is 8.17. The zero-order chi connectivity index (χ0) is 11.7. The van der Waals surface area contributed by atoms with Crippen LogP contribution in [0.5, 0.6) is 0 Å². The van der Waals surface area contributed by atoms with Gasteiger partial charge in [-0.1, -0.05) is 30.3 Å². The maximum absolute atomic E-state index is 11.0. The van der Waals surface area contributed by atoms with Crippen LogP contribution in [0.2, 0.25) is 0 Å². The molecular weight excluding hydrogens is 228 g/mol. The van der Waals surface area contributed by atoms with E-state index in [0.29, 0.717) is 11.1 Å². The fourth-order valence-electron chi connectivity index (χ4n) is 1.74. The van der Waals surface area contributed by atoms with Gasteiger partial charge in [0.1, 0.15) is 0 Å². The van der Waals surface area contributed by atoms with Crippen LogP contribution in [0, 0.1) is 0 Å². The van der Waals surface area contributed by atoms with Crippen LogP contribution in [0.3, 0.4) is 0 Å². The summed E-state index contributed by atoms with van der Waals surface area (Å²) in [5.74, 6) is -1.04. The third-order valence-corrected chi connectivity index (χ3v) is 3.23. The maximum atomic E-state index is 11.0. The van der Waals surface area contributed by atoms with Gasteiger partial charge >= 0.3 is 5.97 Å². The van der Waals surface area contributed by atoms with Crippen molar-refractivity contribution in [1.82, 2.24) is 0 Å². The Morgan fingerprint density at radius 2 is 1.81 bits per heavy atom. The summed E-state index contributed by atoms with van der Waals surface area (Å²) in [5, 5.41) is 8.98. The third-order valence-electron chi connectivity index (χ3n) is 2.44. The average molecular weight is 236 g/mol. The van der Waals surface area contributed by atoms with E-state index in [0.717, 1.165) is 0 Å². The van der Waals surface area contributed by atoms with Crippen molar-refractivity contribution in [2.75, 3.05) is 0 Å². The molecule has 0 aromatic heterocycles. The lowest BCUT2D eigenvalue weighted by Gasteiger charge is -2.14. The van der Waals surface area contributed by atoms with Crippen molar-refractivity contribution in [2.24, 2.45) is 0 Å². The number of allylic oxidation sites excluding steroid dienone is 1. The quantitative estimate of drug-likeness (QED) is 0.737. The first kappa shape index (κ1) is 10.6. The summed E-state index contributed by atoms with van der Waals surface area (Å²) in [6, 6.07) is 6.61. The smallest absolute Gasteiger partial charge is 0.336 e. The van der Waals surface area contributed by atoms with Gasteiger partial charge in [-0.25, -0.2) is 4.79 Å². The van der Waals surface area contributed by atoms with Crippen molar-refractivity contribution in [3.05, 3.63) is 41.5 Å². The summed E-state index contributed by atoms with van der Waals surface area (Å²) in [6.45, 7) is 0. The molecule has 0 heterocycles. The van der Waals surface area contributed by atoms with Crippen molar-refractivity contribution in [3.63, 3.8) is 0 Å². The highest BCUT2D eigenvalue weighted by Crippen LogP contribution is 2.26. The molecule has 0 spiro atoms. The lowest BCUT2D eigenvalue weighted by molar-refractivity contribution is -0.130. The minimum Gasteiger partial charge on any atom is -0.478 e. The van der Waals surface area contributed by atoms with Crippen LogP contribution in [-0.2, 0) is 15.1 Å². The van der Waals surface area contributed by atoms with E-state index in [9.17, 15) is 13.2 Å². The molecule has 0 fully saturated rings. The van der Waals surface area contributed by atoms with Gasteiger partial charge in [0, 0.05) is 12.0 Å². The molecule has 1 aliphatic carbocycles. The standard InChI is InChI=1S/C11H8O4S/c12-11(13)9-5-6-10(16(14)15)8-4-2-1-3-7(8)9/h1-5H,6H2,(H,12,13). The fraction of sp³-hybridized carbons (Fsp3) is 0.0909. The lowest BCUT2D eigenvalue weighted by atomic mass is 9.91. The first-order valence-corrected chi connectivity index (χ1v) is 5.67. The monoisotopic (exact) mass is 236 g/mol. The van der Waals surface area contributed by atoms with Crippen LogP contribution in [0.1, 0.15) is 17.5 Å². The largest absolute Gasteiger partial charge is 0.478 e. The van der Waals surface area contributed by atoms with E-state index in [1.54, 1.807) is 24.3 Å². The predicted molar refractivity (Wildman–Crippen MR) is 59.7 cm³/mol. The molecule has 0 saturated carbocycles. The Hall–Kier alpha value is -1.88. The molecule has 0 aliphatic heterocycles. The third kappa shape index (κ3) is 1.65. The first-order chi connectivity index (χ1) is 7.61. The molecule has 82 valence electrons. The van der Waals surface area contributed by atoms with Crippen molar-refractivity contribution < 1.29 is 18.3 Å². The minimum absolute atomic E-state index is 0.134. The fourth-order valence-corrected chi connectivity index (χ4v) is 2.31. The number of hydrogen-bond acceptors (Lipinski definition) is 3. The van der Waals surface area contributed by atoms with Gasteiger partial charge in [0.2, 0.25) is 10.3 Å². The van der Waals surface area contributed by atoms with Gasteiger partial charge < -0.3 is 5.11 Å². The molecule has 0 amide bonds. The lowest BCUT2D eigenvalue weighted by Crippen LogP contribution is -2.13. The summed E-state index contributed by atoms with van der Waals surface area (Å²) in [6.07, 6.45) is 1.56. The van der Waals surface area contributed by atoms with E-state index >= 15 is 0 Å². The molecule has 1 aliphatic rings. The van der Waals surface area contributed by atoms with Crippen LogP contribution in [0.15, 0.2) is 30.3 Å². The molecule has 0 bridgehead atoms. The second kappa shape index (κ2) is 3.94. The number of carboxylic acids is 1. The Morgan fingerprint density at radius 3 is 2.38 bits per heavy atom. The van der Waals surface area contributed by atoms with Crippen molar-refractivity contribution in [3.8, 4) is 0 Å². The molecular formula is C11H8O4S. The van der Waals surface area contributed by atoms with E-state index in [1.165, 1.54) is 6.08 Å². The Morgan fingerprint density at radius 1 is 1.19 bits per heavy atom. The van der Waals surface area contributed by atoms with Gasteiger partial charge in [-0.2, -0.15) is 8.42 Å². The summed E-state index contributed by atoms with van der Waals surface area (Å²) >= 11 is 0. The number of fused-ring (bicyclic) bond motifs is 1. The van der Waals surface area contributed by atoms with Crippen LogP contribution in [0.4, 0.5) is 0 Å². The van der Waals surface area contributed by atoms with Gasteiger partial charge in [0.15, 0.2) is 0 Å². The SMILES string of the molecule is O=C(O)C1=CCC(=S(=O)=O)c2ccccc21. The Bertz CT molecular complexity index is 615. The van der Waals surface area contributed by atoms with Crippen LogP contribution in [0.25, 0.3) is 5.57 Å². The van der Waals surface area contributed by atoms with Crippen molar-refractivity contribution in [2.45, 2.75) is 6.42 Å². The van der Waals surface area contributed by atoms with Crippen molar-refractivity contribution >= 4 is 26.7 Å². The summed E-state index contributed by atoms with van der Waals surface area (Å²) in [5.41, 5.74) is 1.10. The molecule has 5 heteroatoms. The predicted octanol–water partition coefficient (Wildman–Crippen LogP) is 0.958. The molecule has 2 rings (SSSR count). The Balaban J connectivity index is 2.76. The summed E-state index contributed by atoms with van der Waals surface area (Å²) < 4.78 is 22.0. The number of hydrogen-bond donors (Lipinski definition) is 1. The highest BCUT2D eigenvalue weighted by molar-refractivity contribution is 7.73. The molecule has 4 nitrogen and oxygen atoms in total. The topological polar surface area (TPSA) is 71.4 Å². The van der Waals surface area contributed by atoms with Crippen molar-refractivity contribution in [1.29, 1.82) is 0 Å². The number of aliphatic carboxylic acids is 1.